The van der Waals surface area contributed by atoms with Crippen LogP contribution >= 0.6 is 0 Å². The Balaban J connectivity index is 1.48. The van der Waals surface area contributed by atoms with Crippen molar-refractivity contribution >= 4 is 26.7 Å². The fourth-order valence-electron chi connectivity index (χ4n) is 3.89. The van der Waals surface area contributed by atoms with Gasteiger partial charge in [0, 0.05) is 38.6 Å². The Morgan fingerprint density at radius 2 is 1.81 bits per heavy atom. The van der Waals surface area contributed by atoms with E-state index in [0.29, 0.717) is 12.5 Å². The zero-order valence-corrected chi connectivity index (χ0v) is 19.2. The summed E-state index contributed by atoms with van der Waals surface area (Å²) in [6.45, 7) is 8.17. The Bertz CT molecular complexity index is 972. The molecule has 170 valence electrons. The number of carbonyl (C=O) groups is 1. The second kappa shape index (κ2) is 11.0. The molecule has 3 rings (SSSR count). The minimum atomic E-state index is -3.66. The molecule has 1 heterocycles. The number of amides is 1. The zero-order chi connectivity index (χ0) is 22.3. The highest BCUT2D eigenvalue weighted by atomic mass is 32.2. The highest BCUT2D eigenvalue weighted by Crippen LogP contribution is 2.18. The maximum atomic E-state index is 12.6. The van der Waals surface area contributed by atoms with E-state index in [-0.39, 0.29) is 29.8 Å². The topological polar surface area (TPSA) is 87.7 Å². The number of hydrogen-bond acceptors (Lipinski definition) is 5. The number of nitrogens with zero attached hydrogens (tertiary/aromatic N) is 1. The normalized spacial score (nSPS) is 16.5. The Morgan fingerprint density at radius 1 is 1.10 bits per heavy atom. The third kappa shape index (κ3) is 7.00. The number of ether oxygens (including phenoxy) is 1. The molecule has 0 spiro atoms. The monoisotopic (exact) mass is 447 g/mol. The molecule has 0 aliphatic carbocycles. The van der Waals surface area contributed by atoms with Crippen molar-refractivity contribution < 1.29 is 17.9 Å². The molecule has 1 atom stereocenters. The fourth-order valence-corrected chi connectivity index (χ4v) is 4.95. The van der Waals surface area contributed by atoms with Gasteiger partial charge in [-0.3, -0.25) is 9.69 Å². The molecule has 0 saturated carbocycles. The van der Waals surface area contributed by atoms with Crippen LogP contribution in [0.3, 0.4) is 0 Å². The SMILES string of the molecule is CC(C)CC(CNC(=O)CCNS(=O)(=O)c1ccc2ccccc2c1)N1CCOCC1. The van der Waals surface area contributed by atoms with Gasteiger partial charge in [0.05, 0.1) is 18.1 Å². The molecule has 1 fully saturated rings. The number of benzene rings is 2. The average molecular weight is 448 g/mol. The van der Waals surface area contributed by atoms with E-state index < -0.39 is 10.0 Å². The lowest BCUT2D eigenvalue weighted by molar-refractivity contribution is -0.121. The second-order valence-corrected chi connectivity index (χ2v) is 10.2. The zero-order valence-electron chi connectivity index (χ0n) is 18.3. The Labute approximate surface area is 185 Å². The number of sulfonamides is 1. The molecule has 31 heavy (non-hydrogen) atoms. The molecular weight excluding hydrogens is 414 g/mol. The third-order valence-electron chi connectivity index (χ3n) is 5.52. The molecule has 1 amide bonds. The number of hydrogen-bond donors (Lipinski definition) is 2. The highest BCUT2D eigenvalue weighted by Gasteiger charge is 2.22. The molecule has 0 radical (unpaired) electrons. The van der Waals surface area contributed by atoms with E-state index in [1.807, 2.05) is 24.3 Å². The molecule has 7 nitrogen and oxygen atoms in total. The Kier molecular flexibility index (Phi) is 8.43. The van der Waals surface area contributed by atoms with Crippen LogP contribution in [0.4, 0.5) is 0 Å². The van der Waals surface area contributed by atoms with Gasteiger partial charge in [0.15, 0.2) is 0 Å². The van der Waals surface area contributed by atoms with Gasteiger partial charge in [-0.2, -0.15) is 0 Å². The fraction of sp³-hybridized carbons (Fsp3) is 0.522. The summed E-state index contributed by atoms with van der Waals surface area (Å²) in [4.78, 5) is 14.9. The summed E-state index contributed by atoms with van der Waals surface area (Å²) < 4.78 is 33.1. The molecule has 2 aromatic carbocycles. The molecule has 2 aromatic rings. The van der Waals surface area contributed by atoms with Gasteiger partial charge in [0.1, 0.15) is 0 Å². The van der Waals surface area contributed by atoms with Crippen molar-refractivity contribution in [1.29, 1.82) is 0 Å². The van der Waals surface area contributed by atoms with Crippen molar-refractivity contribution in [2.45, 2.75) is 37.6 Å². The molecular formula is C23H33N3O4S. The van der Waals surface area contributed by atoms with Crippen LogP contribution in [0.2, 0.25) is 0 Å². The first-order chi connectivity index (χ1) is 14.8. The summed E-state index contributed by atoms with van der Waals surface area (Å²) in [5.41, 5.74) is 0. The Morgan fingerprint density at radius 3 is 2.52 bits per heavy atom. The van der Waals surface area contributed by atoms with Crippen LogP contribution in [0, 0.1) is 5.92 Å². The van der Waals surface area contributed by atoms with Crippen molar-refractivity contribution in [3.8, 4) is 0 Å². The first kappa shape index (κ1) is 23.7. The molecule has 0 bridgehead atoms. The standard InChI is InChI=1S/C23H33N3O4S/c1-18(2)15-21(26-11-13-30-14-12-26)17-24-23(27)9-10-25-31(28,29)22-8-7-19-5-3-4-6-20(19)16-22/h3-8,16,18,21,25H,9-15,17H2,1-2H3,(H,24,27). The van der Waals surface area contributed by atoms with Crippen LogP contribution in [-0.2, 0) is 19.6 Å². The number of carbonyl (C=O) groups excluding carboxylic acids is 1. The summed E-state index contributed by atoms with van der Waals surface area (Å²) in [5.74, 6) is 0.377. The lowest BCUT2D eigenvalue weighted by Crippen LogP contribution is -2.49. The number of fused-ring (bicyclic) bond motifs is 1. The maximum absolute atomic E-state index is 12.6. The average Bonchev–Trinajstić information content (AvgIpc) is 2.76. The summed E-state index contributed by atoms with van der Waals surface area (Å²) in [5, 5.41) is 4.83. The van der Waals surface area contributed by atoms with E-state index in [9.17, 15) is 13.2 Å². The lowest BCUT2D eigenvalue weighted by atomic mass is 10.0. The van der Waals surface area contributed by atoms with Crippen LogP contribution in [-0.4, -0.2) is 64.7 Å². The van der Waals surface area contributed by atoms with Crippen LogP contribution in [0.1, 0.15) is 26.7 Å². The van der Waals surface area contributed by atoms with Crippen LogP contribution in [0.25, 0.3) is 10.8 Å². The van der Waals surface area contributed by atoms with Crippen molar-refractivity contribution in [2.24, 2.45) is 5.92 Å². The molecule has 8 heteroatoms. The maximum Gasteiger partial charge on any atom is 0.240 e. The summed E-state index contributed by atoms with van der Waals surface area (Å²) in [7, 11) is -3.66. The van der Waals surface area contributed by atoms with Gasteiger partial charge in [0.2, 0.25) is 15.9 Å². The quantitative estimate of drug-likeness (QED) is 0.584. The van der Waals surface area contributed by atoms with Gasteiger partial charge in [-0.05, 0) is 35.2 Å². The van der Waals surface area contributed by atoms with Crippen molar-refractivity contribution in [3.63, 3.8) is 0 Å². The second-order valence-electron chi connectivity index (χ2n) is 8.39. The van der Waals surface area contributed by atoms with E-state index in [1.165, 1.54) is 0 Å². The van der Waals surface area contributed by atoms with Gasteiger partial charge in [-0.25, -0.2) is 13.1 Å². The van der Waals surface area contributed by atoms with E-state index in [4.69, 9.17) is 4.74 Å². The van der Waals surface area contributed by atoms with Gasteiger partial charge >= 0.3 is 0 Å². The van der Waals surface area contributed by atoms with E-state index in [0.717, 1.165) is 43.5 Å². The summed E-state index contributed by atoms with van der Waals surface area (Å²) >= 11 is 0. The summed E-state index contributed by atoms with van der Waals surface area (Å²) in [6.07, 6.45) is 1.10. The molecule has 1 unspecified atom stereocenters. The predicted molar refractivity (Wildman–Crippen MR) is 122 cm³/mol. The van der Waals surface area contributed by atoms with Gasteiger partial charge in [0.25, 0.3) is 0 Å². The van der Waals surface area contributed by atoms with E-state index >= 15 is 0 Å². The third-order valence-corrected chi connectivity index (χ3v) is 6.97. The summed E-state index contributed by atoms with van der Waals surface area (Å²) in [6, 6.07) is 12.9. The van der Waals surface area contributed by atoms with Crippen molar-refractivity contribution in [2.75, 3.05) is 39.4 Å². The van der Waals surface area contributed by atoms with Gasteiger partial charge in [-0.15, -0.1) is 0 Å². The lowest BCUT2D eigenvalue weighted by Gasteiger charge is -2.35. The number of nitrogens with one attached hydrogen (secondary N) is 2. The minimum Gasteiger partial charge on any atom is -0.379 e. The van der Waals surface area contributed by atoms with Crippen LogP contribution in [0.5, 0.6) is 0 Å². The number of morpholine rings is 1. The van der Waals surface area contributed by atoms with Crippen molar-refractivity contribution in [3.05, 3.63) is 42.5 Å². The molecule has 1 saturated heterocycles. The van der Waals surface area contributed by atoms with Gasteiger partial charge in [-0.1, -0.05) is 44.2 Å². The number of rotatable bonds is 10. The largest absolute Gasteiger partial charge is 0.379 e. The van der Waals surface area contributed by atoms with Crippen LogP contribution < -0.4 is 10.0 Å². The van der Waals surface area contributed by atoms with Gasteiger partial charge < -0.3 is 10.1 Å². The Hall–Kier alpha value is -2.00. The molecule has 1 aliphatic heterocycles. The highest BCUT2D eigenvalue weighted by molar-refractivity contribution is 7.89. The molecule has 0 aromatic heterocycles. The van der Waals surface area contributed by atoms with E-state index in [1.54, 1.807) is 18.2 Å². The van der Waals surface area contributed by atoms with E-state index in [2.05, 4.69) is 28.8 Å². The first-order valence-electron chi connectivity index (χ1n) is 10.9. The van der Waals surface area contributed by atoms with Crippen molar-refractivity contribution in [1.82, 2.24) is 14.9 Å². The minimum absolute atomic E-state index is 0.0629. The molecule has 2 N–H and O–H groups in total. The predicted octanol–water partition coefficient (Wildman–Crippen LogP) is 2.37. The van der Waals surface area contributed by atoms with Crippen LogP contribution in [0.15, 0.2) is 47.4 Å². The first-order valence-corrected chi connectivity index (χ1v) is 12.4. The smallest absolute Gasteiger partial charge is 0.240 e. The molecule has 1 aliphatic rings.